The number of rotatable bonds is 5. The van der Waals surface area contributed by atoms with Crippen molar-refractivity contribution in [3.63, 3.8) is 0 Å². The van der Waals surface area contributed by atoms with Gasteiger partial charge in [0.15, 0.2) is 11.6 Å². The lowest BCUT2D eigenvalue weighted by atomic mass is 10.1. The standard InChI is InChI=1S/C19H23FN4O2/c1-3-6-19(25)24-10-9-23(12-14(24)2)17-11-18(22-13-21-17)26-16-8-5-4-7-15(16)20/h4-5,7-8,11,13-14H,3,6,9-10,12H2,1-2H3/t14-/m0/s1. The number of ether oxygens (including phenoxy) is 1. The third-order valence-corrected chi connectivity index (χ3v) is 4.41. The number of amides is 1. The van der Waals surface area contributed by atoms with Gasteiger partial charge in [-0.1, -0.05) is 19.1 Å². The second kappa shape index (κ2) is 8.12. The molecule has 0 N–H and O–H groups in total. The van der Waals surface area contributed by atoms with Crippen molar-refractivity contribution in [1.82, 2.24) is 14.9 Å². The van der Waals surface area contributed by atoms with Gasteiger partial charge in [-0.3, -0.25) is 4.79 Å². The maximum atomic E-state index is 13.7. The van der Waals surface area contributed by atoms with E-state index in [1.165, 1.54) is 12.4 Å². The molecule has 0 saturated carbocycles. The molecule has 2 aromatic rings. The first kappa shape index (κ1) is 18.1. The maximum Gasteiger partial charge on any atom is 0.224 e. The lowest BCUT2D eigenvalue weighted by Gasteiger charge is -2.40. The molecule has 0 spiro atoms. The van der Waals surface area contributed by atoms with Crippen LogP contribution in [0.4, 0.5) is 10.2 Å². The lowest BCUT2D eigenvalue weighted by Crippen LogP contribution is -2.54. The van der Waals surface area contributed by atoms with Crippen LogP contribution in [0.3, 0.4) is 0 Å². The zero-order valence-corrected chi connectivity index (χ0v) is 15.1. The Labute approximate surface area is 152 Å². The highest BCUT2D eigenvalue weighted by atomic mass is 19.1. The Morgan fingerprint density at radius 1 is 1.31 bits per heavy atom. The Morgan fingerprint density at radius 2 is 2.12 bits per heavy atom. The van der Waals surface area contributed by atoms with Gasteiger partial charge in [0, 0.05) is 38.2 Å². The topological polar surface area (TPSA) is 58.6 Å². The zero-order valence-electron chi connectivity index (χ0n) is 15.1. The Morgan fingerprint density at radius 3 is 2.85 bits per heavy atom. The number of hydrogen-bond donors (Lipinski definition) is 0. The molecule has 1 saturated heterocycles. The number of carbonyl (C=O) groups is 1. The van der Waals surface area contributed by atoms with Crippen LogP contribution in [0.15, 0.2) is 36.7 Å². The average molecular weight is 358 g/mol. The van der Waals surface area contributed by atoms with Crippen LogP contribution in [-0.4, -0.2) is 46.5 Å². The summed E-state index contributed by atoms with van der Waals surface area (Å²) in [6.45, 7) is 6.09. The van der Waals surface area contributed by atoms with Gasteiger partial charge in [-0.15, -0.1) is 0 Å². The van der Waals surface area contributed by atoms with Gasteiger partial charge in [0.1, 0.15) is 12.1 Å². The summed E-state index contributed by atoms with van der Waals surface area (Å²) in [5.74, 6) is 0.883. The van der Waals surface area contributed by atoms with Crippen molar-refractivity contribution in [2.24, 2.45) is 0 Å². The largest absolute Gasteiger partial charge is 0.436 e. The first-order chi connectivity index (χ1) is 12.6. The van der Waals surface area contributed by atoms with Crippen LogP contribution in [0.2, 0.25) is 0 Å². The number of benzene rings is 1. The van der Waals surface area contributed by atoms with Gasteiger partial charge in [0.05, 0.1) is 0 Å². The number of aromatic nitrogens is 2. The summed E-state index contributed by atoms with van der Waals surface area (Å²) >= 11 is 0. The van der Waals surface area contributed by atoms with Crippen molar-refractivity contribution in [3.8, 4) is 11.6 Å². The molecule has 0 aliphatic carbocycles. The molecule has 0 radical (unpaired) electrons. The van der Waals surface area contributed by atoms with Crippen LogP contribution < -0.4 is 9.64 Å². The lowest BCUT2D eigenvalue weighted by molar-refractivity contribution is -0.133. The van der Waals surface area contributed by atoms with Crippen LogP contribution in [-0.2, 0) is 4.79 Å². The van der Waals surface area contributed by atoms with Crippen molar-refractivity contribution in [2.75, 3.05) is 24.5 Å². The molecule has 1 aromatic heterocycles. The Balaban J connectivity index is 1.69. The Kier molecular flexibility index (Phi) is 5.65. The number of para-hydroxylation sites is 1. The highest BCUT2D eigenvalue weighted by Gasteiger charge is 2.27. The van der Waals surface area contributed by atoms with E-state index in [-0.39, 0.29) is 23.6 Å². The van der Waals surface area contributed by atoms with Crippen LogP contribution in [0, 0.1) is 5.82 Å². The van der Waals surface area contributed by atoms with E-state index in [0.29, 0.717) is 31.9 Å². The fourth-order valence-electron chi connectivity index (χ4n) is 3.09. The summed E-state index contributed by atoms with van der Waals surface area (Å²) in [6, 6.07) is 8.00. The number of anilines is 1. The molecule has 3 rings (SSSR count). The quantitative estimate of drug-likeness (QED) is 0.821. The van der Waals surface area contributed by atoms with E-state index in [1.807, 2.05) is 18.7 Å². The minimum atomic E-state index is -0.440. The molecule has 6 nitrogen and oxygen atoms in total. The van der Waals surface area contributed by atoms with Gasteiger partial charge in [-0.2, -0.15) is 0 Å². The van der Waals surface area contributed by atoms with Gasteiger partial charge in [0.25, 0.3) is 0 Å². The average Bonchev–Trinajstić information content (AvgIpc) is 2.64. The first-order valence-corrected chi connectivity index (χ1v) is 8.87. The van der Waals surface area contributed by atoms with Gasteiger partial charge in [-0.25, -0.2) is 14.4 Å². The van der Waals surface area contributed by atoms with E-state index in [4.69, 9.17) is 4.74 Å². The summed E-state index contributed by atoms with van der Waals surface area (Å²) in [5.41, 5.74) is 0. The normalized spacial score (nSPS) is 17.3. The molecule has 1 atom stereocenters. The number of hydrogen-bond acceptors (Lipinski definition) is 5. The van der Waals surface area contributed by atoms with E-state index >= 15 is 0 Å². The molecule has 0 unspecified atom stereocenters. The van der Waals surface area contributed by atoms with Crippen LogP contribution in [0.25, 0.3) is 0 Å². The molecule has 1 aromatic carbocycles. The second-order valence-electron chi connectivity index (χ2n) is 6.38. The molecule has 1 fully saturated rings. The van der Waals surface area contributed by atoms with E-state index in [9.17, 15) is 9.18 Å². The van der Waals surface area contributed by atoms with Gasteiger partial charge in [0.2, 0.25) is 11.8 Å². The van der Waals surface area contributed by atoms with E-state index in [1.54, 1.807) is 24.3 Å². The minimum Gasteiger partial charge on any atom is -0.436 e. The molecule has 26 heavy (non-hydrogen) atoms. The fourth-order valence-corrected chi connectivity index (χ4v) is 3.09. The zero-order chi connectivity index (χ0) is 18.5. The van der Waals surface area contributed by atoms with Crippen molar-refractivity contribution in [3.05, 3.63) is 42.5 Å². The number of carbonyl (C=O) groups excluding carboxylic acids is 1. The highest BCUT2D eigenvalue weighted by Crippen LogP contribution is 2.25. The third-order valence-electron chi connectivity index (χ3n) is 4.41. The van der Waals surface area contributed by atoms with Gasteiger partial charge < -0.3 is 14.5 Å². The summed E-state index contributed by atoms with van der Waals surface area (Å²) < 4.78 is 19.3. The maximum absolute atomic E-state index is 13.7. The SMILES string of the molecule is CCCC(=O)N1CCN(c2cc(Oc3ccccc3F)ncn2)C[C@@H]1C. The smallest absolute Gasteiger partial charge is 0.224 e. The molecule has 0 bridgehead atoms. The number of nitrogens with zero attached hydrogens (tertiary/aromatic N) is 4. The molecule has 7 heteroatoms. The molecule has 2 heterocycles. The first-order valence-electron chi connectivity index (χ1n) is 8.87. The third kappa shape index (κ3) is 4.09. The summed E-state index contributed by atoms with van der Waals surface area (Å²) in [5, 5.41) is 0. The molecule has 1 aliphatic rings. The van der Waals surface area contributed by atoms with Crippen molar-refractivity contribution >= 4 is 11.7 Å². The summed E-state index contributed by atoms with van der Waals surface area (Å²) in [4.78, 5) is 24.6. The van der Waals surface area contributed by atoms with Crippen LogP contribution in [0.1, 0.15) is 26.7 Å². The van der Waals surface area contributed by atoms with Crippen molar-refractivity contribution < 1.29 is 13.9 Å². The van der Waals surface area contributed by atoms with E-state index < -0.39 is 5.82 Å². The number of piperazine rings is 1. The predicted octanol–water partition coefficient (Wildman–Crippen LogP) is 3.25. The van der Waals surface area contributed by atoms with Gasteiger partial charge >= 0.3 is 0 Å². The molecule has 138 valence electrons. The molecule has 1 aliphatic heterocycles. The fraction of sp³-hybridized carbons (Fsp3) is 0.421. The summed E-state index contributed by atoms with van der Waals surface area (Å²) in [7, 11) is 0. The van der Waals surface area contributed by atoms with Crippen LogP contribution in [0.5, 0.6) is 11.6 Å². The van der Waals surface area contributed by atoms with Crippen molar-refractivity contribution in [1.29, 1.82) is 0 Å². The monoisotopic (exact) mass is 358 g/mol. The minimum absolute atomic E-state index is 0.105. The molecule has 1 amide bonds. The van der Waals surface area contributed by atoms with Crippen molar-refractivity contribution in [2.45, 2.75) is 32.7 Å². The van der Waals surface area contributed by atoms with E-state index in [2.05, 4.69) is 14.9 Å². The summed E-state index contributed by atoms with van der Waals surface area (Å²) in [6.07, 6.45) is 2.84. The van der Waals surface area contributed by atoms with Gasteiger partial charge in [-0.05, 0) is 25.5 Å². The Bertz CT molecular complexity index is 771. The Hall–Kier alpha value is -2.70. The van der Waals surface area contributed by atoms with E-state index in [0.717, 1.165) is 6.42 Å². The number of halogens is 1. The second-order valence-corrected chi connectivity index (χ2v) is 6.38. The predicted molar refractivity (Wildman–Crippen MR) is 96.8 cm³/mol. The van der Waals surface area contributed by atoms with Crippen LogP contribution >= 0.6 is 0 Å². The molecular weight excluding hydrogens is 335 g/mol. The highest BCUT2D eigenvalue weighted by molar-refractivity contribution is 5.76. The molecular formula is C19H23FN4O2.